The lowest BCUT2D eigenvalue weighted by Gasteiger charge is -2.23. The van der Waals surface area contributed by atoms with Gasteiger partial charge in [-0.3, -0.25) is 4.79 Å². The fourth-order valence-electron chi connectivity index (χ4n) is 2.52. The number of fused-ring (bicyclic) bond motifs is 1. The molecule has 0 atom stereocenters. The van der Waals surface area contributed by atoms with Gasteiger partial charge in [0.2, 0.25) is 0 Å². The molecular formula is C17H19NO3. The summed E-state index contributed by atoms with van der Waals surface area (Å²) in [4.78, 5) is 11.9. The van der Waals surface area contributed by atoms with Crippen LogP contribution in [-0.4, -0.2) is 31.8 Å². The highest BCUT2D eigenvalue weighted by atomic mass is 16.5. The second kappa shape index (κ2) is 6.59. The molecule has 0 spiro atoms. The Morgan fingerprint density at radius 2 is 1.90 bits per heavy atom. The minimum atomic E-state index is -0.0740. The minimum Gasteiger partial charge on any atom is -0.484 e. The zero-order chi connectivity index (χ0) is 14.5. The number of benzene rings is 2. The second-order valence-corrected chi connectivity index (χ2v) is 5.25. The van der Waals surface area contributed by atoms with Crippen LogP contribution in [0.25, 0.3) is 10.8 Å². The Morgan fingerprint density at radius 3 is 2.71 bits per heavy atom. The molecule has 0 unspecified atom stereocenters. The summed E-state index contributed by atoms with van der Waals surface area (Å²) in [5.74, 6) is 0.644. The second-order valence-electron chi connectivity index (χ2n) is 5.25. The van der Waals surface area contributed by atoms with E-state index in [1.54, 1.807) is 0 Å². The zero-order valence-electron chi connectivity index (χ0n) is 11.9. The Balaban J connectivity index is 1.54. The van der Waals surface area contributed by atoms with Crippen LogP contribution in [0.15, 0.2) is 42.5 Å². The van der Waals surface area contributed by atoms with Gasteiger partial charge in [0.1, 0.15) is 5.75 Å². The lowest BCUT2D eigenvalue weighted by molar-refractivity contribution is -0.124. The molecule has 1 amide bonds. The van der Waals surface area contributed by atoms with E-state index >= 15 is 0 Å². The molecule has 0 aromatic heterocycles. The van der Waals surface area contributed by atoms with Crippen LogP contribution in [0.2, 0.25) is 0 Å². The van der Waals surface area contributed by atoms with E-state index in [1.165, 1.54) is 0 Å². The normalized spacial score (nSPS) is 15.8. The molecule has 0 saturated carbocycles. The first kappa shape index (κ1) is 13.9. The number of amides is 1. The molecule has 4 heteroatoms. The molecule has 1 fully saturated rings. The van der Waals surface area contributed by atoms with Crippen LogP contribution in [0.1, 0.15) is 12.8 Å². The molecule has 1 N–H and O–H groups in total. The van der Waals surface area contributed by atoms with Crippen molar-refractivity contribution in [2.75, 3.05) is 19.8 Å². The summed E-state index contributed by atoms with van der Waals surface area (Å²) >= 11 is 0. The third-order valence-electron chi connectivity index (χ3n) is 3.68. The average molecular weight is 285 g/mol. The molecule has 1 aliphatic rings. The summed E-state index contributed by atoms with van der Waals surface area (Å²) in [6, 6.07) is 14.1. The summed E-state index contributed by atoms with van der Waals surface area (Å²) in [5, 5.41) is 5.26. The molecule has 0 aliphatic carbocycles. The number of carbonyl (C=O) groups is 1. The van der Waals surface area contributed by atoms with Gasteiger partial charge in [-0.1, -0.05) is 30.3 Å². The predicted molar refractivity (Wildman–Crippen MR) is 81.4 cm³/mol. The number of hydrogen-bond acceptors (Lipinski definition) is 3. The third-order valence-corrected chi connectivity index (χ3v) is 3.68. The maximum Gasteiger partial charge on any atom is 0.258 e. The van der Waals surface area contributed by atoms with Crippen molar-refractivity contribution in [3.63, 3.8) is 0 Å². The van der Waals surface area contributed by atoms with E-state index in [2.05, 4.69) is 11.4 Å². The van der Waals surface area contributed by atoms with Crippen molar-refractivity contribution >= 4 is 16.7 Å². The molecule has 110 valence electrons. The maximum atomic E-state index is 11.9. The average Bonchev–Trinajstić information content (AvgIpc) is 2.54. The van der Waals surface area contributed by atoms with Gasteiger partial charge in [0, 0.05) is 19.3 Å². The summed E-state index contributed by atoms with van der Waals surface area (Å²) in [6.07, 6.45) is 1.75. The van der Waals surface area contributed by atoms with Gasteiger partial charge in [0.15, 0.2) is 6.61 Å². The summed E-state index contributed by atoms with van der Waals surface area (Å²) in [5.41, 5.74) is 0. The SMILES string of the molecule is O=C(COc1ccc2ccccc2c1)NC1CCOCC1. The number of rotatable bonds is 4. The molecule has 1 aliphatic heterocycles. The van der Waals surface area contributed by atoms with Crippen LogP contribution in [-0.2, 0) is 9.53 Å². The Morgan fingerprint density at radius 1 is 1.14 bits per heavy atom. The molecule has 1 heterocycles. The summed E-state index contributed by atoms with van der Waals surface area (Å²) in [7, 11) is 0. The molecule has 2 aromatic rings. The highest BCUT2D eigenvalue weighted by Crippen LogP contribution is 2.20. The zero-order valence-corrected chi connectivity index (χ0v) is 11.9. The molecule has 4 nitrogen and oxygen atoms in total. The van der Waals surface area contributed by atoms with Crippen molar-refractivity contribution in [2.24, 2.45) is 0 Å². The van der Waals surface area contributed by atoms with Crippen LogP contribution >= 0.6 is 0 Å². The van der Waals surface area contributed by atoms with Crippen LogP contribution < -0.4 is 10.1 Å². The first-order valence-electron chi connectivity index (χ1n) is 7.30. The monoisotopic (exact) mass is 285 g/mol. The number of carbonyl (C=O) groups excluding carboxylic acids is 1. The van der Waals surface area contributed by atoms with E-state index in [9.17, 15) is 4.79 Å². The Kier molecular flexibility index (Phi) is 4.36. The van der Waals surface area contributed by atoms with Crippen LogP contribution in [0.5, 0.6) is 5.75 Å². The van der Waals surface area contributed by atoms with Crippen molar-refractivity contribution in [3.8, 4) is 5.75 Å². The van der Waals surface area contributed by atoms with Gasteiger partial charge < -0.3 is 14.8 Å². The van der Waals surface area contributed by atoms with E-state index in [-0.39, 0.29) is 18.6 Å². The summed E-state index contributed by atoms with van der Waals surface area (Å²) in [6.45, 7) is 1.49. The standard InChI is InChI=1S/C17H19NO3/c19-17(18-15-7-9-20-10-8-15)12-21-16-6-5-13-3-1-2-4-14(13)11-16/h1-6,11,15H,7-10,12H2,(H,18,19). The molecule has 2 aromatic carbocycles. The summed E-state index contributed by atoms with van der Waals surface area (Å²) < 4.78 is 10.8. The number of nitrogens with one attached hydrogen (secondary N) is 1. The lowest BCUT2D eigenvalue weighted by atomic mass is 10.1. The maximum absolute atomic E-state index is 11.9. The topological polar surface area (TPSA) is 47.6 Å². The van der Waals surface area contributed by atoms with E-state index in [0.29, 0.717) is 0 Å². The molecule has 21 heavy (non-hydrogen) atoms. The molecule has 0 radical (unpaired) electrons. The number of ether oxygens (including phenoxy) is 2. The Labute approximate surface area is 124 Å². The van der Waals surface area contributed by atoms with Gasteiger partial charge in [-0.05, 0) is 35.7 Å². The largest absolute Gasteiger partial charge is 0.484 e. The molecule has 1 saturated heterocycles. The van der Waals surface area contributed by atoms with Crippen molar-refractivity contribution < 1.29 is 14.3 Å². The van der Waals surface area contributed by atoms with Crippen molar-refractivity contribution in [1.82, 2.24) is 5.32 Å². The highest BCUT2D eigenvalue weighted by Gasteiger charge is 2.16. The third kappa shape index (κ3) is 3.73. The molecule has 0 bridgehead atoms. The first-order valence-corrected chi connectivity index (χ1v) is 7.30. The predicted octanol–water partition coefficient (Wildman–Crippen LogP) is 2.51. The van der Waals surface area contributed by atoms with Crippen molar-refractivity contribution in [1.29, 1.82) is 0 Å². The Hall–Kier alpha value is -2.07. The van der Waals surface area contributed by atoms with Crippen LogP contribution in [0, 0.1) is 0 Å². The lowest BCUT2D eigenvalue weighted by Crippen LogP contribution is -2.41. The fraction of sp³-hybridized carbons (Fsp3) is 0.353. The van der Waals surface area contributed by atoms with Gasteiger partial charge in [-0.2, -0.15) is 0 Å². The Bertz CT molecular complexity index is 620. The van der Waals surface area contributed by atoms with E-state index in [1.807, 2.05) is 36.4 Å². The molecular weight excluding hydrogens is 266 g/mol. The van der Waals surface area contributed by atoms with Crippen LogP contribution in [0.3, 0.4) is 0 Å². The van der Waals surface area contributed by atoms with Gasteiger partial charge in [0.25, 0.3) is 5.91 Å². The van der Waals surface area contributed by atoms with Crippen molar-refractivity contribution in [2.45, 2.75) is 18.9 Å². The van der Waals surface area contributed by atoms with Crippen molar-refractivity contribution in [3.05, 3.63) is 42.5 Å². The first-order chi connectivity index (χ1) is 10.3. The molecule has 3 rings (SSSR count). The van der Waals surface area contributed by atoms with Crippen LogP contribution in [0.4, 0.5) is 0 Å². The van der Waals surface area contributed by atoms with Gasteiger partial charge in [-0.25, -0.2) is 0 Å². The van der Waals surface area contributed by atoms with E-state index in [4.69, 9.17) is 9.47 Å². The number of hydrogen-bond donors (Lipinski definition) is 1. The smallest absolute Gasteiger partial charge is 0.258 e. The van der Waals surface area contributed by atoms with Gasteiger partial charge >= 0.3 is 0 Å². The van der Waals surface area contributed by atoms with E-state index < -0.39 is 0 Å². The fourth-order valence-corrected chi connectivity index (χ4v) is 2.52. The van der Waals surface area contributed by atoms with Gasteiger partial charge in [-0.15, -0.1) is 0 Å². The quantitative estimate of drug-likeness (QED) is 0.939. The van der Waals surface area contributed by atoms with Gasteiger partial charge in [0.05, 0.1) is 0 Å². The highest BCUT2D eigenvalue weighted by molar-refractivity contribution is 5.84. The minimum absolute atomic E-state index is 0.0513. The van der Waals surface area contributed by atoms with E-state index in [0.717, 1.165) is 42.6 Å².